The topological polar surface area (TPSA) is 72.6 Å². The molecular weight excluding hydrogens is 240 g/mol. The fourth-order valence-electron chi connectivity index (χ4n) is 1.92. The molecule has 17 heavy (non-hydrogen) atoms. The van der Waals surface area contributed by atoms with Crippen molar-refractivity contribution < 1.29 is 14.3 Å². The number of nitrogens with zero attached hydrogens (tertiary/aromatic N) is 1. The Bertz CT molecular complexity index is 481. The third-order valence-electron chi connectivity index (χ3n) is 2.91. The van der Waals surface area contributed by atoms with Gasteiger partial charge in [-0.05, 0) is 6.42 Å². The summed E-state index contributed by atoms with van der Waals surface area (Å²) in [4.78, 5) is 26.1. The van der Waals surface area contributed by atoms with E-state index in [-0.39, 0.29) is 5.91 Å². The molecule has 92 valence electrons. The van der Waals surface area contributed by atoms with Crippen LogP contribution in [0, 0.1) is 0 Å². The van der Waals surface area contributed by atoms with Gasteiger partial charge in [0.1, 0.15) is 4.88 Å². The van der Waals surface area contributed by atoms with Crippen LogP contribution in [0.1, 0.15) is 27.0 Å². The molecule has 0 aliphatic carbocycles. The van der Waals surface area contributed by atoms with E-state index in [2.05, 4.69) is 4.74 Å². The average molecular weight is 254 g/mol. The van der Waals surface area contributed by atoms with Crippen LogP contribution in [0.5, 0.6) is 0 Å². The number of amides is 1. The summed E-state index contributed by atoms with van der Waals surface area (Å²) >= 11 is 1.37. The normalized spacial score (nSPS) is 14.4. The van der Waals surface area contributed by atoms with Gasteiger partial charge in [-0.1, -0.05) is 0 Å². The van der Waals surface area contributed by atoms with Crippen LogP contribution in [0.25, 0.3) is 0 Å². The van der Waals surface area contributed by atoms with Gasteiger partial charge in [-0.15, -0.1) is 11.3 Å². The number of anilines is 1. The maximum atomic E-state index is 11.5. The lowest BCUT2D eigenvalue weighted by Gasteiger charge is -2.25. The molecule has 0 saturated carbocycles. The summed E-state index contributed by atoms with van der Waals surface area (Å²) in [5.74, 6) is -0.378. The van der Waals surface area contributed by atoms with Crippen molar-refractivity contribution in [1.29, 1.82) is 0 Å². The highest BCUT2D eigenvalue weighted by Gasteiger charge is 2.27. The molecule has 1 aliphatic heterocycles. The third-order valence-corrected chi connectivity index (χ3v) is 4.19. The smallest absolute Gasteiger partial charge is 0.350 e. The molecule has 6 heteroatoms. The number of rotatable bonds is 1. The Morgan fingerprint density at radius 3 is 2.76 bits per heavy atom. The standard InChI is InChI=1S/C11H14N2O3S/c1-6(14)13-4-3-8-7(5-13)9(12)10(17-8)11(15)16-2/h3-5,12H2,1-2H3. The van der Waals surface area contributed by atoms with E-state index in [1.807, 2.05) is 0 Å². The van der Waals surface area contributed by atoms with E-state index in [0.29, 0.717) is 23.7 Å². The van der Waals surface area contributed by atoms with E-state index in [1.165, 1.54) is 25.4 Å². The zero-order valence-electron chi connectivity index (χ0n) is 9.78. The number of carbonyl (C=O) groups is 2. The number of methoxy groups -OCH3 is 1. The van der Waals surface area contributed by atoms with Crippen molar-refractivity contribution in [2.24, 2.45) is 0 Å². The molecular formula is C11H14N2O3S. The Morgan fingerprint density at radius 2 is 2.18 bits per heavy atom. The summed E-state index contributed by atoms with van der Waals surface area (Å²) in [6.45, 7) is 2.71. The lowest BCUT2D eigenvalue weighted by atomic mass is 10.1. The minimum Gasteiger partial charge on any atom is -0.465 e. The Labute approximate surface area is 103 Å². The molecule has 2 rings (SSSR count). The number of hydrogen-bond donors (Lipinski definition) is 1. The second kappa shape index (κ2) is 4.37. The monoisotopic (exact) mass is 254 g/mol. The zero-order valence-corrected chi connectivity index (χ0v) is 10.6. The van der Waals surface area contributed by atoms with Crippen LogP contribution >= 0.6 is 11.3 Å². The number of hydrogen-bond acceptors (Lipinski definition) is 5. The van der Waals surface area contributed by atoms with Crippen LogP contribution < -0.4 is 5.73 Å². The van der Waals surface area contributed by atoms with Crippen LogP contribution in [0.3, 0.4) is 0 Å². The molecule has 0 radical (unpaired) electrons. The van der Waals surface area contributed by atoms with Gasteiger partial charge < -0.3 is 15.4 Å². The van der Waals surface area contributed by atoms with Crippen LogP contribution in [0.4, 0.5) is 5.69 Å². The number of nitrogen functional groups attached to an aromatic ring is 1. The van der Waals surface area contributed by atoms with Crippen molar-refractivity contribution in [2.45, 2.75) is 19.9 Å². The molecule has 1 aliphatic rings. The fourth-order valence-corrected chi connectivity index (χ4v) is 3.06. The molecule has 0 fully saturated rings. The number of ether oxygens (including phenoxy) is 1. The van der Waals surface area contributed by atoms with Gasteiger partial charge in [0, 0.05) is 30.5 Å². The molecule has 2 heterocycles. The quantitative estimate of drug-likeness (QED) is 0.759. The van der Waals surface area contributed by atoms with Crippen LogP contribution in [0.15, 0.2) is 0 Å². The minimum atomic E-state index is -0.406. The molecule has 0 bridgehead atoms. The fraction of sp³-hybridized carbons (Fsp3) is 0.455. The van der Waals surface area contributed by atoms with Gasteiger partial charge in [0.05, 0.1) is 12.8 Å². The molecule has 0 spiro atoms. The second-order valence-corrected chi connectivity index (χ2v) is 5.03. The van der Waals surface area contributed by atoms with Crippen LogP contribution in [-0.4, -0.2) is 30.4 Å². The third kappa shape index (κ3) is 2.00. The second-order valence-electron chi connectivity index (χ2n) is 3.93. The number of thiophene rings is 1. The van der Waals surface area contributed by atoms with E-state index >= 15 is 0 Å². The molecule has 1 aromatic heterocycles. The first-order valence-corrected chi connectivity index (χ1v) is 6.10. The summed E-state index contributed by atoms with van der Waals surface area (Å²) in [5.41, 5.74) is 7.30. The summed E-state index contributed by atoms with van der Waals surface area (Å²) in [5, 5.41) is 0. The van der Waals surface area contributed by atoms with Gasteiger partial charge in [-0.3, -0.25) is 4.79 Å². The van der Waals surface area contributed by atoms with E-state index in [9.17, 15) is 9.59 Å². The number of nitrogens with two attached hydrogens (primary N) is 1. The van der Waals surface area contributed by atoms with Crippen molar-refractivity contribution in [2.75, 3.05) is 19.4 Å². The average Bonchev–Trinajstić information content (AvgIpc) is 2.65. The number of esters is 1. The summed E-state index contributed by atoms with van der Waals surface area (Å²) in [6.07, 6.45) is 0.751. The molecule has 0 unspecified atom stereocenters. The van der Waals surface area contributed by atoms with Crippen molar-refractivity contribution >= 4 is 28.9 Å². The molecule has 1 amide bonds. The Hall–Kier alpha value is -1.56. The van der Waals surface area contributed by atoms with Gasteiger partial charge in [0.25, 0.3) is 0 Å². The SMILES string of the molecule is COC(=O)c1sc2c(c1N)CN(C(C)=O)CC2. The lowest BCUT2D eigenvalue weighted by Crippen LogP contribution is -2.33. The van der Waals surface area contributed by atoms with Crippen molar-refractivity contribution in [3.05, 3.63) is 15.3 Å². The molecule has 1 aromatic rings. The summed E-state index contributed by atoms with van der Waals surface area (Å²) in [7, 11) is 1.34. The van der Waals surface area contributed by atoms with Gasteiger partial charge in [-0.2, -0.15) is 0 Å². The highest BCUT2D eigenvalue weighted by molar-refractivity contribution is 7.14. The molecule has 5 nitrogen and oxygen atoms in total. The maximum Gasteiger partial charge on any atom is 0.350 e. The Morgan fingerprint density at radius 1 is 1.47 bits per heavy atom. The van der Waals surface area contributed by atoms with Crippen molar-refractivity contribution in [1.82, 2.24) is 4.90 Å². The summed E-state index contributed by atoms with van der Waals surface area (Å²) in [6, 6.07) is 0. The first-order chi connectivity index (χ1) is 8.04. The zero-order chi connectivity index (χ0) is 12.6. The summed E-state index contributed by atoms with van der Waals surface area (Å²) < 4.78 is 4.68. The van der Waals surface area contributed by atoms with Crippen molar-refractivity contribution in [3.63, 3.8) is 0 Å². The van der Waals surface area contributed by atoms with Gasteiger partial charge in [0.2, 0.25) is 5.91 Å². The van der Waals surface area contributed by atoms with Gasteiger partial charge >= 0.3 is 5.97 Å². The predicted octanol–water partition coefficient (Wildman–Crippen LogP) is 1.02. The Kier molecular flexibility index (Phi) is 3.06. The van der Waals surface area contributed by atoms with E-state index in [1.54, 1.807) is 4.90 Å². The number of fused-ring (bicyclic) bond motifs is 1. The number of carbonyl (C=O) groups excluding carboxylic acids is 2. The predicted molar refractivity (Wildman–Crippen MR) is 64.9 cm³/mol. The minimum absolute atomic E-state index is 0.0286. The molecule has 0 atom stereocenters. The van der Waals surface area contributed by atoms with Crippen LogP contribution in [-0.2, 0) is 22.5 Å². The molecule has 2 N–H and O–H groups in total. The van der Waals surface area contributed by atoms with Crippen molar-refractivity contribution in [3.8, 4) is 0 Å². The van der Waals surface area contributed by atoms with Gasteiger partial charge in [0.15, 0.2) is 0 Å². The van der Waals surface area contributed by atoms with E-state index in [4.69, 9.17) is 5.73 Å². The van der Waals surface area contributed by atoms with Gasteiger partial charge in [-0.25, -0.2) is 4.79 Å². The Balaban J connectivity index is 2.35. The van der Waals surface area contributed by atoms with Crippen LogP contribution in [0.2, 0.25) is 0 Å². The maximum absolute atomic E-state index is 11.5. The highest BCUT2D eigenvalue weighted by atomic mass is 32.1. The van der Waals surface area contributed by atoms with E-state index in [0.717, 1.165) is 16.9 Å². The molecule has 0 saturated heterocycles. The first kappa shape index (κ1) is 11.9. The first-order valence-electron chi connectivity index (χ1n) is 5.28. The lowest BCUT2D eigenvalue weighted by molar-refractivity contribution is -0.129. The highest BCUT2D eigenvalue weighted by Crippen LogP contribution is 2.35. The largest absolute Gasteiger partial charge is 0.465 e. The van der Waals surface area contributed by atoms with E-state index < -0.39 is 5.97 Å². The molecule has 0 aromatic carbocycles.